The van der Waals surface area contributed by atoms with Crippen LogP contribution in [-0.4, -0.2) is 33.1 Å². The number of rotatable bonds is 7. The number of benzene rings is 1. The summed E-state index contributed by atoms with van der Waals surface area (Å²) >= 11 is 5.45. The predicted molar refractivity (Wildman–Crippen MR) is 101 cm³/mol. The summed E-state index contributed by atoms with van der Waals surface area (Å²) in [6, 6.07) is 4.05. The van der Waals surface area contributed by atoms with Gasteiger partial charge in [0.25, 0.3) is 5.91 Å². The molecule has 1 amide bonds. The SMILES string of the molecule is C=CC(Cn1cc(N)cn1)(OC(=O)CCl)C(=O)Nc1ccc(C#N)c(C(F)(F)F)c1. The maximum atomic E-state index is 13.2. The van der Waals surface area contributed by atoms with Gasteiger partial charge in [0.1, 0.15) is 5.88 Å². The number of anilines is 2. The summed E-state index contributed by atoms with van der Waals surface area (Å²) in [6.07, 6.45) is -1.19. The third-order valence-corrected chi connectivity index (χ3v) is 4.09. The number of nitriles is 1. The number of aromatic nitrogens is 2. The largest absolute Gasteiger partial charge is 0.442 e. The molecule has 12 heteroatoms. The summed E-state index contributed by atoms with van der Waals surface area (Å²) in [5.41, 5.74) is 1.66. The minimum absolute atomic E-state index is 0.263. The smallest absolute Gasteiger partial charge is 0.417 e. The fraction of sp³-hybridized carbons (Fsp3) is 0.222. The van der Waals surface area contributed by atoms with Gasteiger partial charge in [-0.25, -0.2) is 0 Å². The number of hydrogen-bond donors (Lipinski definition) is 2. The molecule has 8 nitrogen and oxygen atoms in total. The van der Waals surface area contributed by atoms with Crippen LogP contribution < -0.4 is 11.1 Å². The highest BCUT2D eigenvalue weighted by Crippen LogP contribution is 2.34. The number of carbonyl (C=O) groups excluding carboxylic acids is 2. The molecule has 1 aromatic carbocycles. The van der Waals surface area contributed by atoms with Crippen molar-refractivity contribution in [3.8, 4) is 6.07 Å². The third kappa shape index (κ3) is 5.09. The van der Waals surface area contributed by atoms with E-state index in [1.807, 2.05) is 0 Å². The topological polar surface area (TPSA) is 123 Å². The van der Waals surface area contributed by atoms with E-state index in [4.69, 9.17) is 27.3 Å². The second-order valence-corrected chi connectivity index (χ2v) is 6.26. The molecule has 0 saturated heterocycles. The van der Waals surface area contributed by atoms with Gasteiger partial charge in [-0.15, -0.1) is 11.6 Å². The number of halogens is 4. The molecular formula is C18H15ClF3N5O3. The van der Waals surface area contributed by atoms with Gasteiger partial charge in [-0.2, -0.15) is 23.5 Å². The van der Waals surface area contributed by atoms with Crippen molar-refractivity contribution in [2.24, 2.45) is 0 Å². The molecule has 2 rings (SSSR count). The third-order valence-electron chi connectivity index (χ3n) is 3.87. The molecule has 2 aromatic rings. The average Bonchev–Trinajstić information content (AvgIpc) is 3.10. The van der Waals surface area contributed by atoms with Crippen LogP contribution in [0.4, 0.5) is 24.5 Å². The zero-order valence-corrected chi connectivity index (χ0v) is 16.0. The van der Waals surface area contributed by atoms with E-state index < -0.39 is 40.7 Å². The standard InChI is InChI=1S/C18H15ClF3N5O3/c1-2-17(30-15(28)6-19,10-27-9-12(24)8-25-27)16(29)26-13-4-3-11(7-23)14(5-13)18(20,21)22/h2-5,8-9H,1,6,10,24H2,(H,26,29). The molecule has 0 radical (unpaired) electrons. The van der Waals surface area contributed by atoms with Crippen molar-refractivity contribution in [2.45, 2.75) is 18.3 Å². The van der Waals surface area contributed by atoms with Crippen molar-refractivity contribution in [3.05, 3.63) is 54.4 Å². The lowest BCUT2D eigenvalue weighted by Gasteiger charge is -2.29. The van der Waals surface area contributed by atoms with Gasteiger partial charge in [0.15, 0.2) is 0 Å². The van der Waals surface area contributed by atoms with E-state index in [0.29, 0.717) is 6.07 Å². The molecule has 1 aromatic heterocycles. The quantitative estimate of drug-likeness (QED) is 0.387. The van der Waals surface area contributed by atoms with Crippen LogP contribution in [0.2, 0.25) is 0 Å². The van der Waals surface area contributed by atoms with Crippen molar-refractivity contribution in [2.75, 3.05) is 16.9 Å². The molecule has 0 aliphatic rings. The maximum Gasteiger partial charge on any atom is 0.417 e. The number of nitrogens with zero attached hydrogens (tertiary/aromatic N) is 3. The summed E-state index contributed by atoms with van der Waals surface area (Å²) in [7, 11) is 0. The number of carbonyl (C=O) groups is 2. The highest BCUT2D eigenvalue weighted by Gasteiger charge is 2.41. The Bertz CT molecular complexity index is 1020. The average molecular weight is 442 g/mol. The zero-order chi connectivity index (χ0) is 22.5. The van der Waals surface area contributed by atoms with Gasteiger partial charge in [0.2, 0.25) is 5.60 Å². The second-order valence-electron chi connectivity index (χ2n) is 6.00. The van der Waals surface area contributed by atoms with Gasteiger partial charge in [0, 0.05) is 11.9 Å². The fourth-order valence-corrected chi connectivity index (χ4v) is 2.53. The molecule has 0 bridgehead atoms. The van der Waals surface area contributed by atoms with E-state index in [1.165, 1.54) is 23.1 Å². The molecule has 0 aliphatic carbocycles. The van der Waals surface area contributed by atoms with E-state index in [1.54, 1.807) is 0 Å². The number of alkyl halides is 4. The molecular weight excluding hydrogens is 427 g/mol. The summed E-state index contributed by atoms with van der Waals surface area (Å²) in [5.74, 6) is -2.57. The van der Waals surface area contributed by atoms with Gasteiger partial charge < -0.3 is 15.8 Å². The Morgan fingerprint density at radius 3 is 2.63 bits per heavy atom. The Balaban J connectivity index is 2.42. The predicted octanol–water partition coefficient (Wildman–Crippen LogP) is 2.70. The maximum absolute atomic E-state index is 13.2. The highest BCUT2D eigenvalue weighted by molar-refractivity contribution is 6.26. The number of ether oxygens (including phenoxy) is 1. The summed E-state index contributed by atoms with van der Waals surface area (Å²) < 4.78 is 45.9. The number of nitrogens with two attached hydrogens (primary N) is 1. The number of nitrogens with one attached hydrogen (secondary N) is 1. The van der Waals surface area contributed by atoms with Crippen LogP contribution in [0, 0.1) is 11.3 Å². The molecule has 30 heavy (non-hydrogen) atoms. The minimum atomic E-state index is -4.82. The molecule has 0 fully saturated rings. The monoisotopic (exact) mass is 441 g/mol. The first-order valence-corrected chi connectivity index (χ1v) is 8.70. The van der Waals surface area contributed by atoms with Gasteiger partial charge in [0.05, 0.1) is 35.6 Å². The van der Waals surface area contributed by atoms with E-state index in [2.05, 4.69) is 17.0 Å². The first-order valence-electron chi connectivity index (χ1n) is 8.17. The normalized spacial score (nSPS) is 13.0. The van der Waals surface area contributed by atoms with Crippen LogP contribution in [0.25, 0.3) is 0 Å². The Labute approximate surface area is 173 Å². The van der Waals surface area contributed by atoms with Crippen LogP contribution in [-0.2, 0) is 27.0 Å². The molecule has 3 N–H and O–H groups in total. The van der Waals surface area contributed by atoms with Crippen molar-refractivity contribution in [1.29, 1.82) is 5.26 Å². The number of esters is 1. The van der Waals surface area contributed by atoms with Crippen molar-refractivity contribution < 1.29 is 27.5 Å². The number of amides is 1. The van der Waals surface area contributed by atoms with Crippen LogP contribution in [0.5, 0.6) is 0 Å². The van der Waals surface area contributed by atoms with E-state index in [-0.39, 0.29) is 17.9 Å². The first-order chi connectivity index (χ1) is 14.0. The highest BCUT2D eigenvalue weighted by atomic mass is 35.5. The van der Waals surface area contributed by atoms with Crippen LogP contribution in [0.1, 0.15) is 11.1 Å². The van der Waals surface area contributed by atoms with Gasteiger partial charge in [-0.1, -0.05) is 6.58 Å². The fourth-order valence-electron chi connectivity index (χ4n) is 2.48. The lowest BCUT2D eigenvalue weighted by molar-refractivity contribution is -0.160. The lowest BCUT2D eigenvalue weighted by atomic mass is 10.0. The summed E-state index contributed by atoms with van der Waals surface area (Å²) in [4.78, 5) is 24.7. The first kappa shape index (κ1) is 22.8. The van der Waals surface area contributed by atoms with Crippen LogP contribution in [0.3, 0.4) is 0 Å². The number of hydrogen-bond acceptors (Lipinski definition) is 6. The van der Waals surface area contributed by atoms with E-state index in [9.17, 15) is 22.8 Å². The molecule has 1 heterocycles. The van der Waals surface area contributed by atoms with Gasteiger partial charge in [-0.3, -0.25) is 14.3 Å². The Morgan fingerprint density at radius 1 is 1.43 bits per heavy atom. The molecule has 158 valence electrons. The summed E-state index contributed by atoms with van der Waals surface area (Å²) in [5, 5.41) is 15.0. The van der Waals surface area contributed by atoms with E-state index >= 15 is 0 Å². The Morgan fingerprint density at radius 2 is 2.13 bits per heavy atom. The van der Waals surface area contributed by atoms with Crippen molar-refractivity contribution >= 4 is 34.9 Å². The molecule has 0 saturated carbocycles. The molecule has 0 spiro atoms. The second kappa shape index (κ2) is 8.87. The van der Waals surface area contributed by atoms with Crippen molar-refractivity contribution in [1.82, 2.24) is 9.78 Å². The van der Waals surface area contributed by atoms with Crippen molar-refractivity contribution in [3.63, 3.8) is 0 Å². The Kier molecular flexibility index (Phi) is 6.73. The van der Waals surface area contributed by atoms with Crippen LogP contribution >= 0.6 is 11.6 Å². The Hall–Kier alpha value is -3.52. The van der Waals surface area contributed by atoms with Gasteiger partial charge in [-0.05, 0) is 24.3 Å². The summed E-state index contributed by atoms with van der Waals surface area (Å²) in [6.45, 7) is 3.12. The van der Waals surface area contributed by atoms with Gasteiger partial charge >= 0.3 is 12.1 Å². The number of nitrogen functional groups attached to an aromatic ring is 1. The molecule has 0 aliphatic heterocycles. The zero-order valence-electron chi connectivity index (χ0n) is 15.2. The minimum Gasteiger partial charge on any atom is -0.442 e. The molecule has 1 atom stereocenters. The lowest BCUT2D eigenvalue weighted by Crippen LogP contribution is -2.49. The molecule has 1 unspecified atom stereocenters. The van der Waals surface area contributed by atoms with E-state index in [0.717, 1.165) is 18.2 Å². The van der Waals surface area contributed by atoms with Crippen LogP contribution in [0.15, 0.2) is 43.2 Å².